The Morgan fingerprint density at radius 3 is 3.00 bits per heavy atom. The first kappa shape index (κ1) is 17.0. The van der Waals surface area contributed by atoms with Crippen molar-refractivity contribution in [3.05, 3.63) is 53.9 Å². The summed E-state index contributed by atoms with van der Waals surface area (Å²) in [5, 5.41) is 7.47. The summed E-state index contributed by atoms with van der Waals surface area (Å²) in [5.41, 5.74) is 1.80. The molecule has 1 saturated carbocycles. The van der Waals surface area contributed by atoms with Gasteiger partial charge in [0.1, 0.15) is 0 Å². The molecule has 1 aromatic carbocycles. The molecule has 3 heterocycles. The Bertz CT molecular complexity index is 802. The third kappa shape index (κ3) is 3.77. The number of fused-ring (bicyclic) bond motifs is 1. The van der Waals surface area contributed by atoms with E-state index in [4.69, 9.17) is 4.74 Å². The Labute approximate surface area is 159 Å². The van der Waals surface area contributed by atoms with Crippen LogP contribution in [0.3, 0.4) is 0 Å². The maximum absolute atomic E-state index is 12.8. The molecule has 6 nitrogen and oxygen atoms in total. The molecule has 2 aliphatic heterocycles. The van der Waals surface area contributed by atoms with Crippen molar-refractivity contribution in [2.45, 2.75) is 44.0 Å². The molecule has 142 valence electrons. The Morgan fingerprint density at radius 1 is 1.26 bits per heavy atom. The predicted molar refractivity (Wildman–Crippen MR) is 101 cm³/mol. The normalized spacial score (nSPS) is 28.1. The molecule has 1 aromatic heterocycles. The molecule has 3 atom stereocenters. The summed E-state index contributed by atoms with van der Waals surface area (Å²) in [6, 6.07) is 10.4. The van der Waals surface area contributed by atoms with Crippen LogP contribution in [0.5, 0.6) is 0 Å². The molecular weight excluding hydrogens is 340 g/mol. The summed E-state index contributed by atoms with van der Waals surface area (Å²) in [7, 11) is 0. The Morgan fingerprint density at radius 2 is 2.19 bits per heavy atom. The second kappa shape index (κ2) is 7.09. The molecule has 2 saturated heterocycles. The van der Waals surface area contributed by atoms with Crippen molar-refractivity contribution in [1.82, 2.24) is 20.0 Å². The van der Waals surface area contributed by atoms with E-state index < -0.39 is 0 Å². The lowest BCUT2D eigenvalue weighted by Crippen LogP contribution is -2.47. The maximum Gasteiger partial charge on any atom is 0.251 e. The highest BCUT2D eigenvalue weighted by atomic mass is 16.5. The quantitative estimate of drug-likeness (QED) is 0.878. The number of carbonyl (C=O) groups is 1. The van der Waals surface area contributed by atoms with Gasteiger partial charge in [0.2, 0.25) is 0 Å². The van der Waals surface area contributed by atoms with Crippen molar-refractivity contribution in [2.75, 3.05) is 19.7 Å². The number of carbonyl (C=O) groups excluding carboxylic acids is 1. The standard InChI is InChI=1S/C21H26N4O2/c26-21(17-4-1-3-15(9-17)11-25-8-2-7-22-25)23-18-10-19-14-27-20(16-5-6-16)13-24(19)12-18/h1-4,7-9,16,18-20H,5-6,10-14H2,(H,23,26)/t18-,19-,20-/m0/s1. The molecule has 5 rings (SSSR count). The van der Waals surface area contributed by atoms with E-state index in [0.717, 1.165) is 43.2 Å². The van der Waals surface area contributed by atoms with Crippen LogP contribution in [0.4, 0.5) is 0 Å². The third-order valence-electron chi connectivity index (χ3n) is 6.02. The number of nitrogens with zero attached hydrogens (tertiary/aromatic N) is 3. The number of hydrogen-bond donors (Lipinski definition) is 1. The van der Waals surface area contributed by atoms with Gasteiger partial charge < -0.3 is 10.1 Å². The maximum atomic E-state index is 12.8. The number of morpholine rings is 1. The molecule has 0 unspecified atom stereocenters. The number of hydrogen-bond acceptors (Lipinski definition) is 4. The minimum Gasteiger partial charge on any atom is -0.375 e. The van der Waals surface area contributed by atoms with Crippen LogP contribution >= 0.6 is 0 Å². The number of amides is 1. The lowest BCUT2D eigenvalue weighted by atomic mass is 10.1. The lowest BCUT2D eigenvalue weighted by Gasteiger charge is -2.35. The summed E-state index contributed by atoms with van der Waals surface area (Å²) in [5.74, 6) is 0.791. The third-order valence-corrected chi connectivity index (χ3v) is 6.02. The topological polar surface area (TPSA) is 59.4 Å². The number of ether oxygens (including phenoxy) is 1. The van der Waals surface area contributed by atoms with Gasteiger partial charge in [0.15, 0.2) is 0 Å². The molecule has 0 bridgehead atoms. The van der Waals surface area contributed by atoms with Gasteiger partial charge in [-0.15, -0.1) is 0 Å². The number of nitrogens with one attached hydrogen (secondary N) is 1. The Kier molecular flexibility index (Phi) is 4.45. The van der Waals surface area contributed by atoms with Gasteiger partial charge in [0, 0.05) is 43.1 Å². The SMILES string of the molecule is O=C(N[C@H]1C[C@H]2CO[C@H](C3CC3)CN2C1)c1cccc(Cn2cccn2)c1. The monoisotopic (exact) mass is 366 g/mol. The molecule has 2 aromatic rings. The van der Waals surface area contributed by atoms with Gasteiger partial charge >= 0.3 is 0 Å². The molecule has 6 heteroatoms. The summed E-state index contributed by atoms with van der Waals surface area (Å²) in [6.45, 7) is 3.46. The van der Waals surface area contributed by atoms with Crippen LogP contribution in [0.1, 0.15) is 35.2 Å². The highest BCUT2D eigenvalue weighted by Crippen LogP contribution is 2.37. The molecular formula is C21H26N4O2. The van der Waals surface area contributed by atoms with E-state index in [1.807, 2.05) is 41.2 Å². The van der Waals surface area contributed by atoms with Gasteiger partial charge in [0.25, 0.3) is 5.91 Å². The fraction of sp³-hybridized carbons (Fsp3) is 0.524. The summed E-state index contributed by atoms with van der Waals surface area (Å²) in [4.78, 5) is 15.3. The molecule has 3 fully saturated rings. The molecule has 27 heavy (non-hydrogen) atoms. The van der Waals surface area contributed by atoms with E-state index in [0.29, 0.717) is 18.7 Å². The molecule has 3 aliphatic rings. The molecule has 0 spiro atoms. The lowest BCUT2D eigenvalue weighted by molar-refractivity contribution is -0.0581. The smallest absolute Gasteiger partial charge is 0.251 e. The first-order valence-electron chi connectivity index (χ1n) is 9.97. The van der Waals surface area contributed by atoms with Crippen LogP contribution < -0.4 is 5.32 Å². The van der Waals surface area contributed by atoms with Gasteiger partial charge in [-0.3, -0.25) is 14.4 Å². The highest BCUT2D eigenvalue weighted by molar-refractivity contribution is 5.94. The molecule has 0 radical (unpaired) electrons. The van der Waals surface area contributed by atoms with E-state index in [9.17, 15) is 4.79 Å². The summed E-state index contributed by atoms with van der Waals surface area (Å²) < 4.78 is 7.92. The van der Waals surface area contributed by atoms with E-state index in [1.165, 1.54) is 12.8 Å². The minimum absolute atomic E-state index is 0.0156. The van der Waals surface area contributed by atoms with Gasteiger partial charge in [-0.05, 0) is 48.9 Å². The van der Waals surface area contributed by atoms with E-state index in [2.05, 4.69) is 15.3 Å². The average Bonchev–Trinajstić information content (AvgIpc) is 3.26. The minimum atomic E-state index is 0.0156. The van der Waals surface area contributed by atoms with Crippen LogP contribution in [0.25, 0.3) is 0 Å². The zero-order valence-corrected chi connectivity index (χ0v) is 15.5. The largest absolute Gasteiger partial charge is 0.375 e. The van der Waals surface area contributed by atoms with Crippen LogP contribution in [-0.2, 0) is 11.3 Å². The second-order valence-electron chi connectivity index (χ2n) is 8.13. The van der Waals surface area contributed by atoms with Crippen molar-refractivity contribution >= 4 is 5.91 Å². The van der Waals surface area contributed by atoms with E-state index in [-0.39, 0.29) is 11.9 Å². The number of benzene rings is 1. The first-order valence-corrected chi connectivity index (χ1v) is 9.97. The summed E-state index contributed by atoms with van der Waals surface area (Å²) in [6.07, 6.45) is 7.73. The Balaban J connectivity index is 1.19. The van der Waals surface area contributed by atoms with Crippen molar-refractivity contribution in [3.8, 4) is 0 Å². The molecule has 1 aliphatic carbocycles. The second-order valence-corrected chi connectivity index (χ2v) is 8.13. The van der Waals surface area contributed by atoms with Gasteiger partial charge in [-0.1, -0.05) is 12.1 Å². The van der Waals surface area contributed by atoms with E-state index in [1.54, 1.807) is 6.20 Å². The van der Waals surface area contributed by atoms with Gasteiger partial charge in [-0.2, -0.15) is 5.10 Å². The zero-order valence-electron chi connectivity index (χ0n) is 15.5. The zero-order chi connectivity index (χ0) is 18.2. The van der Waals surface area contributed by atoms with Crippen LogP contribution in [0, 0.1) is 5.92 Å². The summed E-state index contributed by atoms with van der Waals surface area (Å²) >= 11 is 0. The van der Waals surface area contributed by atoms with Crippen molar-refractivity contribution in [2.24, 2.45) is 5.92 Å². The van der Waals surface area contributed by atoms with Crippen LogP contribution in [0.2, 0.25) is 0 Å². The fourth-order valence-corrected chi connectivity index (χ4v) is 4.42. The highest BCUT2D eigenvalue weighted by Gasteiger charge is 2.42. The Hall–Kier alpha value is -2.18. The average molecular weight is 366 g/mol. The van der Waals surface area contributed by atoms with Gasteiger partial charge in [-0.25, -0.2) is 0 Å². The molecule has 1 amide bonds. The van der Waals surface area contributed by atoms with Crippen LogP contribution in [-0.4, -0.2) is 58.5 Å². The number of rotatable bonds is 5. The molecule has 1 N–H and O–H groups in total. The van der Waals surface area contributed by atoms with E-state index >= 15 is 0 Å². The predicted octanol–water partition coefficient (Wildman–Crippen LogP) is 1.91. The van der Waals surface area contributed by atoms with Crippen molar-refractivity contribution in [1.29, 1.82) is 0 Å². The van der Waals surface area contributed by atoms with Crippen molar-refractivity contribution in [3.63, 3.8) is 0 Å². The van der Waals surface area contributed by atoms with Crippen LogP contribution in [0.15, 0.2) is 42.7 Å². The fourth-order valence-electron chi connectivity index (χ4n) is 4.42. The van der Waals surface area contributed by atoms with Gasteiger partial charge in [0.05, 0.1) is 19.3 Å². The first-order chi connectivity index (χ1) is 13.2. The van der Waals surface area contributed by atoms with Crippen molar-refractivity contribution < 1.29 is 9.53 Å². The number of aromatic nitrogens is 2.